The average molecular weight is 433 g/mol. The molecule has 0 saturated heterocycles. The van der Waals surface area contributed by atoms with Crippen LogP contribution >= 0.6 is 23.2 Å². The summed E-state index contributed by atoms with van der Waals surface area (Å²) in [4.78, 5) is 11.9. The summed E-state index contributed by atoms with van der Waals surface area (Å²) in [5.41, 5.74) is 5.28. The summed E-state index contributed by atoms with van der Waals surface area (Å²) in [5, 5.41) is 5.16. The zero-order valence-corrected chi connectivity index (χ0v) is 17.6. The molecule has 0 bridgehead atoms. The van der Waals surface area contributed by atoms with Crippen LogP contribution in [0.1, 0.15) is 30.9 Å². The van der Waals surface area contributed by atoms with Gasteiger partial charge in [-0.3, -0.25) is 4.79 Å². The van der Waals surface area contributed by atoms with E-state index in [-0.39, 0.29) is 18.4 Å². The van der Waals surface area contributed by atoms with Crippen molar-refractivity contribution in [1.29, 1.82) is 0 Å². The molecular formula is C22H22Cl2N2O3. The predicted octanol–water partition coefficient (Wildman–Crippen LogP) is 5.39. The van der Waals surface area contributed by atoms with E-state index in [1.807, 2.05) is 25.1 Å². The fourth-order valence-electron chi connectivity index (χ4n) is 2.87. The Hall–Kier alpha value is -2.50. The van der Waals surface area contributed by atoms with Crippen molar-refractivity contribution in [3.8, 4) is 11.5 Å². The number of carbonyl (C=O) groups excluding carboxylic acids is 1. The van der Waals surface area contributed by atoms with E-state index in [0.717, 1.165) is 29.5 Å². The Morgan fingerprint density at radius 1 is 1.21 bits per heavy atom. The Morgan fingerprint density at radius 3 is 2.69 bits per heavy atom. The Morgan fingerprint density at radius 2 is 2.00 bits per heavy atom. The molecule has 0 unspecified atom stereocenters. The highest BCUT2D eigenvalue weighted by Gasteiger charge is 2.28. The third-order valence-electron chi connectivity index (χ3n) is 4.50. The van der Waals surface area contributed by atoms with E-state index >= 15 is 0 Å². The highest BCUT2D eigenvalue weighted by Crippen LogP contribution is 2.32. The maximum absolute atomic E-state index is 11.9. The number of hydrogen-bond acceptors (Lipinski definition) is 4. The van der Waals surface area contributed by atoms with E-state index < -0.39 is 0 Å². The molecule has 1 amide bonds. The van der Waals surface area contributed by atoms with E-state index in [2.05, 4.69) is 17.1 Å². The normalized spacial score (nSPS) is 14.0. The van der Waals surface area contributed by atoms with E-state index in [4.69, 9.17) is 32.7 Å². The maximum atomic E-state index is 11.9. The van der Waals surface area contributed by atoms with E-state index in [1.165, 1.54) is 0 Å². The SMILES string of the molecule is C=C1CC(C(=O)N/N=C\c2ccc(OCc3ccc(Cl)cc3Cl)c(OCC)c2)C1. The van der Waals surface area contributed by atoms with Crippen molar-refractivity contribution in [2.24, 2.45) is 11.0 Å². The lowest BCUT2D eigenvalue weighted by Crippen LogP contribution is -2.32. The van der Waals surface area contributed by atoms with Gasteiger partial charge < -0.3 is 9.47 Å². The minimum absolute atomic E-state index is 0.0193. The summed E-state index contributed by atoms with van der Waals surface area (Å²) in [6.07, 6.45) is 3.05. The van der Waals surface area contributed by atoms with Crippen LogP contribution in [-0.2, 0) is 11.4 Å². The van der Waals surface area contributed by atoms with Gasteiger partial charge in [0.15, 0.2) is 11.5 Å². The highest BCUT2D eigenvalue weighted by atomic mass is 35.5. The first kappa shape index (κ1) is 21.2. The van der Waals surface area contributed by atoms with Gasteiger partial charge in [-0.2, -0.15) is 5.10 Å². The monoisotopic (exact) mass is 432 g/mol. The van der Waals surface area contributed by atoms with Gasteiger partial charge in [-0.25, -0.2) is 5.43 Å². The molecule has 0 radical (unpaired) electrons. The molecule has 0 aliphatic heterocycles. The van der Waals surface area contributed by atoms with Crippen molar-refractivity contribution in [2.45, 2.75) is 26.4 Å². The molecule has 1 saturated carbocycles. The third kappa shape index (κ3) is 5.75. The van der Waals surface area contributed by atoms with Gasteiger partial charge in [-0.15, -0.1) is 0 Å². The number of nitrogens with one attached hydrogen (secondary N) is 1. The van der Waals surface area contributed by atoms with Gasteiger partial charge >= 0.3 is 0 Å². The smallest absolute Gasteiger partial charge is 0.243 e. The van der Waals surface area contributed by atoms with E-state index in [0.29, 0.717) is 28.2 Å². The van der Waals surface area contributed by atoms with Gasteiger partial charge in [0, 0.05) is 21.5 Å². The first-order valence-electron chi connectivity index (χ1n) is 9.29. The number of nitrogens with zero attached hydrogens (tertiary/aromatic N) is 1. The number of amides is 1. The molecule has 1 fully saturated rings. The highest BCUT2D eigenvalue weighted by molar-refractivity contribution is 6.35. The molecule has 1 aliphatic rings. The van der Waals surface area contributed by atoms with Crippen LogP contribution in [-0.4, -0.2) is 18.7 Å². The molecule has 152 valence electrons. The second kappa shape index (κ2) is 9.81. The van der Waals surface area contributed by atoms with Gasteiger partial charge in [0.05, 0.1) is 12.8 Å². The fourth-order valence-corrected chi connectivity index (χ4v) is 3.33. The summed E-state index contributed by atoms with van der Waals surface area (Å²) in [5.74, 6) is 1.07. The number of hydrazone groups is 1. The molecule has 2 aromatic carbocycles. The summed E-state index contributed by atoms with van der Waals surface area (Å²) in [7, 11) is 0. The minimum Gasteiger partial charge on any atom is -0.490 e. The first-order chi connectivity index (χ1) is 14.0. The second-order valence-corrected chi connectivity index (χ2v) is 7.60. The topological polar surface area (TPSA) is 59.9 Å². The maximum Gasteiger partial charge on any atom is 0.243 e. The van der Waals surface area contributed by atoms with Gasteiger partial charge in [-0.05, 0) is 55.7 Å². The number of benzene rings is 2. The molecule has 0 atom stereocenters. The lowest BCUT2D eigenvalue weighted by molar-refractivity contribution is -0.126. The molecular weight excluding hydrogens is 411 g/mol. The molecule has 1 aliphatic carbocycles. The van der Waals surface area contributed by atoms with E-state index in [9.17, 15) is 4.79 Å². The van der Waals surface area contributed by atoms with Gasteiger partial charge in [-0.1, -0.05) is 41.4 Å². The van der Waals surface area contributed by atoms with Crippen LogP contribution in [0.3, 0.4) is 0 Å². The van der Waals surface area contributed by atoms with Crippen molar-refractivity contribution in [2.75, 3.05) is 6.61 Å². The van der Waals surface area contributed by atoms with Crippen LogP contribution in [0.5, 0.6) is 11.5 Å². The summed E-state index contributed by atoms with van der Waals surface area (Å²) >= 11 is 12.1. The van der Waals surface area contributed by atoms with Crippen LogP contribution < -0.4 is 14.9 Å². The standard InChI is InChI=1S/C22H22Cl2N2O3/c1-3-28-21-10-15(12-25-26-22(27)17-8-14(2)9-17)4-7-20(21)29-13-16-5-6-18(23)11-19(16)24/h4-7,10-12,17H,2-3,8-9,13H2,1H3,(H,26,27)/b25-12-. The number of ether oxygens (including phenoxy) is 2. The van der Waals surface area contributed by atoms with Crippen LogP contribution in [0.15, 0.2) is 53.7 Å². The van der Waals surface area contributed by atoms with Crippen molar-refractivity contribution >= 4 is 35.3 Å². The molecule has 0 spiro atoms. The molecule has 0 aromatic heterocycles. The van der Waals surface area contributed by atoms with Crippen molar-refractivity contribution < 1.29 is 14.3 Å². The molecule has 7 heteroatoms. The average Bonchev–Trinajstić information content (AvgIpc) is 2.66. The molecule has 5 nitrogen and oxygen atoms in total. The second-order valence-electron chi connectivity index (χ2n) is 6.75. The van der Waals surface area contributed by atoms with Crippen LogP contribution in [0.2, 0.25) is 10.0 Å². The van der Waals surface area contributed by atoms with Gasteiger partial charge in [0.1, 0.15) is 6.61 Å². The van der Waals surface area contributed by atoms with E-state index in [1.54, 1.807) is 24.4 Å². The first-order valence-corrected chi connectivity index (χ1v) is 10.0. The van der Waals surface area contributed by atoms with Crippen molar-refractivity contribution in [1.82, 2.24) is 5.43 Å². The Balaban J connectivity index is 1.63. The quantitative estimate of drug-likeness (QED) is 0.345. The van der Waals surface area contributed by atoms with Crippen molar-refractivity contribution in [3.63, 3.8) is 0 Å². The largest absolute Gasteiger partial charge is 0.490 e. The molecule has 2 aromatic rings. The zero-order chi connectivity index (χ0) is 20.8. The fraction of sp³-hybridized carbons (Fsp3) is 0.273. The number of rotatable bonds is 8. The van der Waals surface area contributed by atoms with Gasteiger partial charge in [0.25, 0.3) is 0 Å². The number of carbonyl (C=O) groups is 1. The van der Waals surface area contributed by atoms with Crippen LogP contribution in [0.4, 0.5) is 0 Å². The Kier molecular flexibility index (Phi) is 7.18. The van der Waals surface area contributed by atoms with Crippen molar-refractivity contribution in [3.05, 3.63) is 69.7 Å². The Bertz CT molecular complexity index is 936. The van der Waals surface area contributed by atoms with Crippen LogP contribution in [0.25, 0.3) is 0 Å². The molecule has 3 rings (SSSR count). The molecule has 0 heterocycles. The summed E-state index contributed by atoms with van der Waals surface area (Å²) < 4.78 is 11.6. The summed E-state index contributed by atoms with van der Waals surface area (Å²) in [6, 6.07) is 10.7. The third-order valence-corrected chi connectivity index (χ3v) is 5.08. The summed E-state index contributed by atoms with van der Waals surface area (Å²) in [6.45, 7) is 6.51. The zero-order valence-electron chi connectivity index (χ0n) is 16.1. The Labute approximate surface area is 180 Å². The molecule has 1 N–H and O–H groups in total. The lowest BCUT2D eigenvalue weighted by atomic mass is 9.81. The number of hydrogen-bond donors (Lipinski definition) is 1. The van der Waals surface area contributed by atoms with Gasteiger partial charge in [0.2, 0.25) is 5.91 Å². The lowest BCUT2D eigenvalue weighted by Gasteiger charge is -2.25. The predicted molar refractivity (Wildman–Crippen MR) is 116 cm³/mol. The number of allylic oxidation sites excluding steroid dienone is 1. The van der Waals surface area contributed by atoms with Crippen LogP contribution in [0, 0.1) is 5.92 Å². The minimum atomic E-state index is -0.0847. The number of halogens is 2. The molecule has 29 heavy (non-hydrogen) atoms.